The number of aromatic nitrogens is 2. The van der Waals surface area contributed by atoms with Crippen molar-refractivity contribution in [3.05, 3.63) is 66.1 Å². The van der Waals surface area contributed by atoms with E-state index in [1.807, 2.05) is 36.5 Å². The minimum atomic E-state index is -0.291. The lowest BCUT2D eigenvalue weighted by Gasteiger charge is -2.16. The van der Waals surface area contributed by atoms with Crippen LogP contribution in [0.5, 0.6) is 0 Å². The average molecular weight is 348 g/mol. The van der Waals surface area contributed by atoms with Gasteiger partial charge in [-0.3, -0.25) is 14.6 Å². The van der Waals surface area contributed by atoms with E-state index in [4.69, 9.17) is 0 Å². The summed E-state index contributed by atoms with van der Waals surface area (Å²) in [6.45, 7) is 1.45. The van der Waals surface area contributed by atoms with Crippen molar-refractivity contribution in [1.29, 1.82) is 0 Å². The van der Waals surface area contributed by atoms with Gasteiger partial charge in [-0.1, -0.05) is 6.07 Å². The Morgan fingerprint density at radius 1 is 1.19 bits per heavy atom. The number of nitrogens with one attached hydrogen (secondary N) is 2. The highest BCUT2D eigenvalue weighted by Crippen LogP contribution is 2.20. The number of amides is 2. The number of nitrogens with zero attached hydrogens (tertiary/aromatic N) is 2. The largest absolute Gasteiger partial charge is 0.361 e. The van der Waals surface area contributed by atoms with Crippen molar-refractivity contribution in [2.24, 2.45) is 5.92 Å². The highest BCUT2D eigenvalue weighted by atomic mass is 16.2. The van der Waals surface area contributed by atoms with Gasteiger partial charge in [0.1, 0.15) is 0 Å². The number of H-pyrrole nitrogens is 1. The standard InChI is InChI=1S/C20H20N4O2/c25-19-10-17(13-24(19)12-14-3-6-21-7-4-14)20(26)23-11-15-1-2-18-16(9-15)5-8-22-18/h1-9,17,22H,10-13H2,(H,23,26). The molecule has 2 aromatic heterocycles. The van der Waals surface area contributed by atoms with Crippen LogP contribution in [0.4, 0.5) is 0 Å². The van der Waals surface area contributed by atoms with Gasteiger partial charge in [-0.05, 0) is 46.8 Å². The quantitative estimate of drug-likeness (QED) is 0.742. The Morgan fingerprint density at radius 3 is 2.88 bits per heavy atom. The van der Waals surface area contributed by atoms with E-state index in [0.29, 0.717) is 19.6 Å². The maximum absolute atomic E-state index is 12.5. The van der Waals surface area contributed by atoms with E-state index in [2.05, 4.69) is 21.4 Å². The van der Waals surface area contributed by atoms with Crippen LogP contribution in [0, 0.1) is 5.92 Å². The first-order valence-corrected chi connectivity index (χ1v) is 8.69. The summed E-state index contributed by atoms with van der Waals surface area (Å²) in [6.07, 6.45) is 5.59. The molecule has 1 aliphatic rings. The number of hydrogen-bond acceptors (Lipinski definition) is 3. The summed E-state index contributed by atoms with van der Waals surface area (Å²) < 4.78 is 0. The van der Waals surface area contributed by atoms with Crippen LogP contribution in [0.25, 0.3) is 10.9 Å². The number of rotatable bonds is 5. The molecular formula is C20H20N4O2. The molecule has 1 saturated heterocycles. The summed E-state index contributed by atoms with van der Waals surface area (Å²) >= 11 is 0. The summed E-state index contributed by atoms with van der Waals surface area (Å²) in [5.41, 5.74) is 3.14. The third-order valence-electron chi connectivity index (χ3n) is 4.79. The normalized spacial score (nSPS) is 17.0. The summed E-state index contributed by atoms with van der Waals surface area (Å²) in [7, 11) is 0. The molecule has 1 aromatic carbocycles. The second kappa shape index (κ2) is 7.00. The molecule has 3 heterocycles. The first-order chi connectivity index (χ1) is 12.7. The molecule has 1 fully saturated rings. The van der Waals surface area contributed by atoms with Gasteiger partial charge in [0.15, 0.2) is 0 Å². The second-order valence-electron chi connectivity index (χ2n) is 6.65. The molecule has 0 bridgehead atoms. The summed E-state index contributed by atoms with van der Waals surface area (Å²) in [6, 6.07) is 11.8. The van der Waals surface area contributed by atoms with Crippen molar-refractivity contribution in [3.63, 3.8) is 0 Å². The average Bonchev–Trinajstić information content (AvgIpc) is 3.27. The monoisotopic (exact) mass is 348 g/mol. The van der Waals surface area contributed by atoms with Gasteiger partial charge in [-0.25, -0.2) is 0 Å². The summed E-state index contributed by atoms with van der Waals surface area (Å²) in [5, 5.41) is 4.09. The predicted octanol–water partition coefficient (Wildman–Crippen LogP) is 2.23. The van der Waals surface area contributed by atoms with Gasteiger partial charge in [0.05, 0.1) is 5.92 Å². The maximum atomic E-state index is 12.5. The van der Waals surface area contributed by atoms with Crippen LogP contribution in [-0.2, 0) is 22.7 Å². The number of carbonyl (C=O) groups excluding carboxylic acids is 2. The van der Waals surface area contributed by atoms with E-state index in [1.165, 1.54) is 0 Å². The number of pyridine rings is 1. The number of aromatic amines is 1. The first kappa shape index (κ1) is 16.3. The van der Waals surface area contributed by atoms with Crippen molar-refractivity contribution in [2.45, 2.75) is 19.5 Å². The molecule has 3 aromatic rings. The molecule has 0 aliphatic carbocycles. The molecule has 132 valence electrons. The van der Waals surface area contributed by atoms with E-state index < -0.39 is 0 Å². The maximum Gasteiger partial charge on any atom is 0.225 e. The van der Waals surface area contributed by atoms with Crippen molar-refractivity contribution in [2.75, 3.05) is 6.54 Å². The SMILES string of the molecule is O=C(NCc1ccc2[nH]ccc2c1)C1CC(=O)N(Cc2ccncc2)C1. The smallest absolute Gasteiger partial charge is 0.225 e. The van der Waals surface area contributed by atoms with Crippen molar-refractivity contribution < 1.29 is 9.59 Å². The van der Waals surface area contributed by atoms with Gasteiger partial charge in [0.25, 0.3) is 0 Å². The van der Waals surface area contributed by atoms with E-state index >= 15 is 0 Å². The van der Waals surface area contributed by atoms with Crippen LogP contribution in [0.3, 0.4) is 0 Å². The van der Waals surface area contributed by atoms with Crippen molar-refractivity contribution >= 4 is 22.7 Å². The molecule has 26 heavy (non-hydrogen) atoms. The molecule has 0 saturated carbocycles. The zero-order chi connectivity index (χ0) is 17.9. The molecule has 2 amide bonds. The van der Waals surface area contributed by atoms with E-state index in [0.717, 1.165) is 22.0 Å². The Bertz CT molecular complexity index is 935. The highest BCUT2D eigenvalue weighted by molar-refractivity contribution is 5.89. The lowest BCUT2D eigenvalue weighted by Crippen LogP contribution is -2.32. The molecule has 0 spiro atoms. The zero-order valence-electron chi connectivity index (χ0n) is 14.3. The van der Waals surface area contributed by atoms with Crippen LogP contribution >= 0.6 is 0 Å². The molecule has 1 unspecified atom stereocenters. The molecule has 2 N–H and O–H groups in total. The molecule has 6 nitrogen and oxygen atoms in total. The van der Waals surface area contributed by atoms with Gasteiger partial charge < -0.3 is 15.2 Å². The fourth-order valence-corrected chi connectivity index (χ4v) is 3.36. The zero-order valence-corrected chi connectivity index (χ0v) is 14.3. The summed E-state index contributed by atoms with van der Waals surface area (Å²) in [4.78, 5) is 33.6. The Kier molecular flexibility index (Phi) is 4.39. The third kappa shape index (κ3) is 3.44. The van der Waals surface area contributed by atoms with Crippen molar-refractivity contribution in [3.8, 4) is 0 Å². The lowest BCUT2D eigenvalue weighted by molar-refractivity contribution is -0.129. The molecule has 1 aliphatic heterocycles. The van der Waals surface area contributed by atoms with E-state index in [-0.39, 0.29) is 24.2 Å². The molecule has 1 atom stereocenters. The lowest BCUT2D eigenvalue weighted by atomic mass is 10.1. The van der Waals surface area contributed by atoms with Crippen molar-refractivity contribution in [1.82, 2.24) is 20.2 Å². The molecule has 6 heteroatoms. The third-order valence-corrected chi connectivity index (χ3v) is 4.79. The minimum Gasteiger partial charge on any atom is -0.361 e. The number of hydrogen-bond donors (Lipinski definition) is 2. The van der Waals surface area contributed by atoms with Crippen LogP contribution < -0.4 is 5.32 Å². The first-order valence-electron chi connectivity index (χ1n) is 8.69. The van der Waals surface area contributed by atoms with Gasteiger partial charge in [-0.2, -0.15) is 0 Å². The molecular weight excluding hydrogens is 328 g/mol. The number of likely N-dealkylation sites (tertiary alicyclic amines) is 1. The fraction of sp³-hybridized carbons (Fsp3) is 0.250. The molecule has 4 rings (SSSR count). The van der Waals surface area contributed by atoms with E-state index in [1.54, 1.807) is 17.3 Å². The second-order valence-corrected chi connectivity index (χ2v) is 6.65. The van der Waals surface area contributed by atoms with Crippen LogP contribution in [0.1, 0.15) is 17.5 Å². The van der Waals surface area contributed by atoms with Gasteiger partial charge in [0.2, 0.25) is 11.8 Å². The Balaban J connectivity index is 1.34. The van der Waals surface area contributed by atoms with Gasteiger partial charge >= 0.3 is 0 Å². The van der Waals surface area contributed by atoms with Crippen LogP contribution in [-0.4, -0.2) is 33.2 Å². The fourth-order valence-electron chi connectivity index (χ4n) is 3.36. The highest BCUT2D eigenvalue weighted by Gasteiger charge is 2.34. The Morgan fingerprint density at radius 2 is 2.04 bits per heavy atom. The Hall–Kier alpha value is -3.15. The minimum absolute atomic E-state index is 0.0238. The summed E-state index contributed by atoms with van der Waals surface area (Å²) in [5.74, 6) is -0.333. The van der Waals surface area contributed by atoms with Gasteiger partial charge in [0, 0.05) is 50.2 Å². The molecule has 0 radical (unpaired) electrons. The van der Waals surface area contributed by atoms with E-state index in [9.17, 15) is 9.59 Å². The predicted molar refractivity (Wildman–Crippen MR) is 97.9 cm³/mol. The number of fused-ring (bicyclic) bond motifs is 1. The van der Waals surface area contributed by atoms with Gasteiger partial charge in [-0.15, -0.1) is 0 Å². The van der Waals surface area contributed by atoms with Crippen LogP contribution in [0.2, 0.25) is 0 Å². The van der Waals surface area contributed by atoms with Crippen LogP contribution in [0.15, 0.2) is 55.0 Å². The number of benzene rings is 1. The topological polar surface area (TPSA) is 78.1 Å². The Labute approximate surface area is 151 Å². The number of carbonyl (C=O) groups is 2.